The number of rotatable bonds is 5. The van der Waals surface area contributed by atoms with Crippen LogP contribution in [0.2, 0.25) is 5.02 Å². The SMILES string of the molecule is CCC(Br)C(=O)Nc1ccc(OC(F)F)c(Cl)c1. The number of hydrogen-bond donors (Lipinski definition) is 1. The van der Waals surface area contributed by atoms with Crippen LogP contribution in [-0.2, 0) is 4.79 Å². The maximum atomic E-state index is 12.0. The highest BCUT2D eigenvalue weighted by molar-refractivity contribution is 9.10. The number of halogens is 4. The quantitative estimate of drug-likeness (QED) is 0.820. The second kappa shape index (κ2) is 6.89. The van der Waals surface area contributed by atoms with Gasteiger partial charge in [0.2, 0.25) is 5.91 Å². The molecule has 0 saturated heterocycles. The summed E-state index contributed by atoms with van der Waals surface area (Å²) in [6, 6.07) is 4.07. The Balaban J connectivity index is 2.75. The van der Waals surface area contributed by atoms with Gasteiger partial charge in [0.1, 0.15) is 5.75 Å². The van der Waals surface area contributed by atoms with Crippen molar-refractivity contribution in [1.82, 2.24) is 0 Å². The Labute approximate surface area is 117 Å². The molecule has 0 aliphatic carbocycles. The molecular weight excluding hydrogens is 331 g/mol. The number of hydrogen-bond acceptors (Lipinski definition) is 2. The van der Waals surface area contributed by atoms with Crippen LogP contribution in [0.3, 0.4) is 0 Å². The van der Waals surface area contributed by atoms with E-state index < -0.39 is 6.61 Å². The number of amides is 1. The molecule has 100 valence electrons. The molecule has 0 saturated carbocycles. The molecule has 1 aromatic rings. The lowest BCUT2D eigenvalue weighted by atomic mass is 10.2. The third kappa shape index (κ3) is 4.42. The third-order valence-corrected chi connectivity index (χ3v) is 3.42. The molecule has 1 amide bonds. The second-order valence-electron chi connectivity index (χ2n) is 3.39. The van der Waals surface area contributed by atoms with Gasteiger partial charge in [0.05, 0.1) is 9.85 Å². The van der Waals surface area contributed by atoms with Gasteiger partial charge in [-0.15, -0.1) is 0 Å². The van der Waals surface area contributed by atoms with Crippen LogP contribution in [0.1, 0.15) is 13.3 Å². The van der Waals surface area contributed by atoms with E-state index in [4.69, 9.17) is 11.6 Å². The Morgan fingerprint density at radius 2 is 2.22 bits per heavy atom. The van der Waals surface area contributed by atoms with Gasteiger partial charge in [-0.2, -0.15) is 8.78 Å². The normalized spacial score (nSPS) is 12.3. The first-order valence-electron chi connectivity index (χ1n) is 5.13. The summed E-state index contributed by atoms with van der Waals surface area (Å²) in [5.41, 5.74) is 0.421. The highest BCUT2D eigenvalue weighted by Crippen LogP contribution is 2.29. The number of benzene rings is 1. The average Bonchev–Trinajstić information content (AvgIpc) is 2.31. The van der Waals surface area contributed by atoms with E-state index in [-0.39, 0.29) is 21.5 Å². The fourth-order valence-corrected chi connectivity index (χ4v) is 1.52. The van der Waals surface area contributed by atoms with Crippen molar-refractivity contribution in [3.63, 3.8) is 0 Å². The highest BCUT2D eigenvalue weighted by atomic mass is 79.9. The zero-order valence-corrected chi connectivity index (χ0v) is 11.8. The van der Waals surface area contributed by atoms with Gasteiger partial charge < -0.3 is 10.1 Å². The molecular formula is C11H11BrClF2NO2. The Morgan fingerprint density at radius 1 is 1.56 bits per heavy atom. The second-order valence-corrected chi connectivity index (χ2v) is 4.90. The molecule has 1 rings (SSSR count). The number of carbonyl (C=O) groups excluding carboxylic acids is 1. The van der Waals surface area contributed by atoms with Crippen LogP contribution >= 0.6 is 27.5 Å². The van der Waals surface area contributed by atoms with Crippen LogP contribution in [0, 0.1) is 0 Å². The minimum Gasteiger partial charge on any atom is -0.433 e. The van der Waals surface area contributed by atoms with Crippen molar-refractivity contribution < 1.29 is 18.3 Å². The van der Waals surface area contributed by atoms with Crippen molar-refractivity contribution in [2.45, 2.75) is 24.8 Å². The topological polar surface area (TPSA) is 38.3 Å². The van der Waals surface area contributed by atoms with Crippen molar-refractivity contribution in [2.24, 2.45) is 0 Å². The van der Waals surface area contributed by atoms with Crippen LogP contribution in [0.4, 0.5) is 14.5 Å². The Hall–Kier alpha value is -0.880. The Kier molecular flexibility index (Phi) is 5.81. The molecule has 7 heteroatoms. The van der Waals surface area contributed by atoms with E-state index in [2.05, 4.69) is 26.0 Å². The smallest absolute Gasteiger partial charge is 0.387 e. The van der Waals surface area contributed by atoms with E-state index in [0.717, 1.165) is 0 Å². The summed E-state index contributed by atoms with van der Waals surface area (Å²) in [7, 11) is 0. The molecule has 0 heterocycles. The molecule has 1 atom stereocenters. The van der Waals surface area contributed by atoms with E-state index in [0.29, 0.717) is 12.1 Å². The van der Waals surface area contributed by atoms with Crippen LogP contribution in [0.25, 0.3) is 0 Å². The van der Waals surface area contributed by atoms with Crippen LogP contribution in [0.15, 0.2) is 18.2 Å². The standard InChI is InChI=1S/C11H11BrClF2NO2/c1-2-7(12)10(17)16-6-3-4-9(8(13)5-6)18-11(14)15/h3-5,7,11H,2H2,1H3,(H,16,17). The maximum absolute atomic E-state index is 12.0. The van der Waals surface area contributed by atoms with Gasteiger partial charge in [0.15, 0.2) is 0 Å². The summed E-state index contributed by atoms with van der Waals surface area (Å²) in [6.45, 7) is -1.08. The molecule has 0 aliphatic rings. The Bertz CT molecular complexity index is 432. The number of ether oxygens (including phenoxy) is 1. The summed E-state index contributed by atoms with van der Waals surface area (Å²) < 4.78 is 28.2. The molecule has 0 radical (unpaired) electrons. The van der Waals surface area contributed by atoms with Crippen molar-refractivity contribution in [3.05, 3.63) is 23.2 Å². The summed E-state index contributed by atoms with van der Waals surface area (Å²) in [5, 5.41) is 2.61. The van der Waals surface area contributed by atoms with Gasteiger partial charge in [0, 0.05) is 5.69 Å². The maximum Gasteiger partial charge on any atom is 0.387 e. The summed E-state index contributed by atoms with van der Waals surface area (Å²) >= 11 is 8.95. The molecule has 3 nitrogen and oxygen atoms in total. The molecule has 0 aliphatic heterocycles. The monoisotopic (exact) mass is 341 g/mol. The largest absolute Gasteiger partial charge is 0.433 e. The molecule has 0 fully saturated rings. The van der Waals surface area contributed by atoms with Gasteiger partial charge in [0.25, 0.3) is 0 Å². The number of carbonyl (C=O) groups is 1. The first kappa shape index (κ1) is 15.2. The van der Waals surface area contributed by atoms with E-state index in [1.165, 1.54) is 18.2 Å². The van der Waals surface area contributed by atoms with Gasteiger partial charge in [-0.3, -0.25) is 4.79 Å². The molecule has 18 heavy (non-hydrogen) atoms. The highest BCUT2D eigenvalue weighted by Gasteiger charge is 2.14. The summed E-state index contributed by atoms with van der Waals surface area (Å²) in [5.74, 6) is -0.355. The van der Waals surface area contributed by atoms with Crippen molar-refractivity contribution >= 4 is 39.1 Å². The minimum absolute atomic E-state index is 0.00993. The fraction of sp³-hybridized carbons (Fsp3) is 0.364. The predicted octanol–water partition coefficient (Wildman–Crippen LogP) is 4.05. The van der Waals surface area contributed by atoms with Gasteiger partial charge in [-0.1, -0.05) is 34.5 Å². The summed E-state index contributed by atoms with van der Waals surface area (Å²) in [4.78, 5) is 11.3. The fourth-order valence-electron chi connectivity index (χ4n) is 1.18. The zero-order valence-electron chi connectivity index (χ0n) is 9.42. The third-order valence-electron chi connectivity index (χ3n) is 2.06. The molecule has 0 aromatic heterocycles. The molecule has 1 aromatic carbocycles. The lowest BCUT2D eigenvalue weighted by molar-refractivity contribution is -0.115. The number of alkyl halides is 3. The first-order valence-corrected chi connectivity index (χ1v) is 6.42. The van der Waals surface area contributed by atoms with E-state index in [1.807, 2.05) is 6.92 Å². The first-order chi connectivity index (χ1) is 8.43. The lowest BCUT2D eigenvalue weighted by Crippen LogP contribution is -2.21. The lowest BCUT2D eigenvalue weighted by Gasteiger charge is -2.11. The van der Waals surface area contributed by atoms with E-state index >= 15 is 0 Å². The number of anilines is 1. The predicted molar refractivity (Wildman–Crippen MR) is 69.7 cm³/mol. The van der Waals surface area contributed by atoms with Gasteiger partial charge >= 0.3 is 6.61 Å². The zero-order chi connectivity index (χ0) is 13.7. The van der Waals surface area contributed by atoms with Gasteiger partial charge in [-0.25, -0.2) is 0 Å². The van der Waals surface area contributed by atoms with Gasteiger partial charge in [-0.05, 0) is 24.6 Å². The van der Waals surface area contributed by atoms with Crippen molar-refractivity contribution in [1.29, 1.82) is 0 Å². The van der Waals surface area contributed by atoms with E-state index in [1.54, 1.807) is 0 Å². The average molecular weight is 343 g/mol. The minimum atomic E-state index is -2.94. The number of nitrogens with one attached hydrogen (secondary N) is 1. The Morgan fingerprint density at radius 3 is 2.72 bits per heavy atom. The van der Waals surface area contributed by atoms with Crippen molar-refractivity contribution in [3.8, 4) is 5.75 Å². The van der Waals surface area contributed by atoms with Crippen LogP contribution < -0.4 is 10.1 Å². The molecule has 0 spiro atoms. The summed E-state index contributed by atoms with van der Waals surface area (Å²) in [6.07, 6.45) is 0.631. The van der Waals surface area contributed by atoms with Crippen LogP contribution in [0.5, 0.6) is 5.75 Å². The molecule has 1 unspecified atom stereocenters. The van der Waals surface area contributed by atoms with E-state index in [9.17, 15) is 13.6 Å². The van der Waals surface area contributed by atoms with Crippen molar-refractivity contribution in [2.75, 3.05) is 5.32 Å². The van der Waals surface area contributed by atoms with Crippen LogP contribution in [-0.4, -0.2) is 17.3 Å². The molecule has 1 N–H and O–H groups in total. The molecule has 0 bridgehead atoms.